The molecule has 3 nitrogen and oxygen atoms in total. The fourth-order valence-corrected chi connectivity index (χ4v) is 2.58. The number of aromatic nitrogens is 2. The summed E-state index contributed by atoms with van der Waals surface area (Å²) in [4.78, 5) is 0. The average Bonchev–Trinajstić information content (AvgIpc) is 2.49. The molecule has 2 heterocycles. The van der Waals surface area contributed by atoms with Crippen molar-refractivity contribution < 1.29 is 0 Å². The zero-order valence-corrected chi connectivity index (χ0v) is 8.90. The lowest BCUT2D eigenvalue weighted by molar-refractivity contribution is 0.590. The summed E-state index contributed by atoms with van der Waals surface area (Å²) in [5, 5.41) is 7.77. The van der Waals surface area contributed by atoms with E-state index in [2.05, 4.69) is 17.3 Å². The van der Waals surface area contributed by atoms with Gasteiger partial charge in [-0.05, 0) is 6.92 Å². The lowest BCUT2D eigenvalue weighted by Crippen LogP contribution is -2.30. The molecule has 1 aromatic heterocycles. The van der Waals surface area contributed by atoms with Gasteiger partial charge in [-0.1, -0.05) is 0 Å². The molecule has 0 aliphatic carbocycles. The number of nitrogens with one attached hydrogen (secondary N) is 1. The van der Waals surface area contributed by atoms with Crippen LogP contribution in [0.5, 0.6) is 0 Å². The largest absolute Gasteiger partial charge is 0.308 e. The summed E-state index contributed by atoms with van der Waals surface area (Å²) in [6, 6.07) is 0.507. The summed E-state index contributed by atoms with van der Waals surface area (Å²) >= 11 is 2.02. The van der Waals surface area contributed by atoms with Gasteiger partial charge in [0.15, 0.2) is 0 Å². The third-order valence-corrected chi connectivity index (χ3v) is 3.63. The normalized spacial score (nSPS) is 23.4. The smallest absolute Gasteiger partial charge is 0.0540 e. The van der Waals surface area contributed by atoms with E-state index in [4.69, 9.17) is 0 Å². The van der Waals surface area contributed by atoms with Gasteiger partial charge in [-0.15, -0.1) is 0 Å². The van der Waals surface area contributed by atoms with Crippen LogP contribution in [-0.2, 0) is 7.05 Å². The highest BCUT2D eigenvalue weighted by Crippen LogP contribution is 2.23. The molecule has 0 saturated carbocycles. The minimum absolute atomic E-state index is 0.507. The Balaban J connectivity index is 2.18. The molecule has 4 heteroatoms. The Hall–Kier alpha value is -0.480. The van der Waals surface area contributed by atoms with E-state index in [1.807, 2.05) is 29.7 Å². The van der Waals surface area contributed by atoms with Gasteiger partial charge in [-0.2, -0.15) is 16.9 Å². The fraction of sp³-hybridized carbons (Fsp3) is 0.667. The SMILES string of the molecule is Cc1c(C2CSCCN2)cnn1C. The maximum Gasteiger partial charge on any atom is 0.0540 e. The first-order valence-electron chi connectivity index (χ1n) is 4.58. The molecular formula is C9H15N3S. The molecule has 0 bridgehead atoms. The van der Waals surface area contributed by atoms with Crippen molar-refractivity contribution in [2.24, 2.45) is 7.05 Å². The van der Waals surface area contributed by atoms with E-state index in [-0.39, 0.29) is 0 Å². The maximum absolute atomic E-state index is 4.26. The molecule has 72 valence electrons. The molecule has 1 aromatic rings. The third kappa shape index (κ3) is 1.74. The first-order chi connectivity index (χ1) is 6.29. The van der Waals surface area contributed by atoms with Crippen molar-refractivity contribution in [3.05, 3.63) is 17.5 Å². The van der Waals surface area contributed by atoms with E-state index in [0.717, 1.165) is 6.54 Å². The summed E-state index contributed by atoms with van der Waals surface area (Å²) in [7, 11) is 1.99. The predicted molar refractivity (Wildman–Crippen MR) is 56.0 cm³/mol. The van der Waals surface area contributed by atoms with E-state index in [1.165, 1.54) is 22.8 Å². The Bertz CT molecular complexity index is 289. The Morgan fingerprint density at radius 1 is 1.69 bits per heavy atom. The van der Waals surface area contributed by atoms with Crippen LogP contribution >= 0.6 is 11.8 Å². The molecule has 13 heavy (non-hydrogen) atoms. The number of aryl methyl sites for hydroxylation is 1. The maximum atomic E-state index is 4.26. The molecule has 1 aliphatic heterocycles. The van der Waals surface area contributed by atoms with Crippen LogP contribution in [0.25, 0.3) is 0 Å². The number of rotatable bonds is 1. The molecule has 1 aliphatic rings. The highest BCUT2D eigenvalue weighted by atomic mass is 32.2. The number of hydrogen-bond acceptors (Lipinski definition) is 3. The first-order valence-corrected chi connectivity index (χ1v) is 5.74. The van der Waals surface area contributed by atoms with E-state index in [0.29, 0.717) is 6.04 Å². The molecule has 0 amide bonds. The van der Waals surface area contributed by atoms with Crippen LogP contribution < -0.4 is 5.32 Å². The number of nitrogens with zero attached hydrogens (tertiary/aromatic N) is 2. The molecule has 1 N–H and O–H groups in total. The number of thioether (sulfide) groups is 1. The molecule has 0 radical (unpaired) electrons. The Morgan fingerprint density at radius 2 is 2.54 bits per heavy atom. The van der Waals surface area contributed by atoms with Gasteiger partial charge in [0.2, 0.25) is 0 Å². The summed E-state index contributed by atoms with van der Waals surface area (Å²) < 4.78 is 1.94. The molecule has 1 unspecified atom stereocenters. The van der Waals surface area contributed by atoms with Gasteiger partial charge in [-0.25, -0.2) is 0 Å². The quantitative estimate of drug-likeness (QED) is 0.731. The lowest BCUT2D eigenvalue weighted by Gasteiger charge is -2.22. The van der Waals surface area contributed by atoms with Crippen molar-refractivity contribution in [3.8, 4) is 0 Å². The minimum atomic E-state index is 0.507. The standard InChI is InChI=1S/C9H15N3S/c1-7-8(5-11-12(7)2)9-6-13-4-3-10-9/h5,9-10H,3-4,6H2,1-2H3. The van der Waals surface area contributed by atoms with Gasteiger partial charge in [0.05, 0.1) is 6.20 Å². The fourth-order valence-electron chi connectivity index (χ4n) is 1.62. The van der Waals surface area contributed by atoms with E-state index < -0.39 is 0 Å². The van der Waals surface area contributed by atoms with Gasteiger partial charge in [0.25, 0.3) is 0 Å². The van der Waals surface area contributed by atoms with Crippen LogP contribution in [0.2, 0.25) is 0 Å². The summed E-state index contributed by atoms with van der Waals surface area (Å²) in [5.41, 5.74) is 2.63. The van der Waals surface area contributed by atoms with Crippen LogP contribution in [0.4, 0.5) is 0 Å². The van der Waals surface area contributed by atoms with Crippen LogP contribution in [0.1, 0.15) is 17.3 Å². The number of hydrogen-bond donors (Lipinski definition) is 1. The topological polar surface area (TPSA) is 29.9 Å². The third-order valence-electron chi connectivity index (χ3n) is 2.57. The Labute approximate surface area is 82.9 Å². The summed E-state index contributed by atoms with van der Waals surface area (Å²) in [6.45, 7) is 3.24. The minimum Gasteiger partial charge on any atom is -0.308 e. The second-order valence-electron chi connectivity index (χ2n) is 3.39. The van der Waals surface area contributed by atoms with Gasteiger partial charge in [-0.3, -0.25) is 4.68 Å². The van der Waals surface area contributed by atoms with E-state index in [9.17, 15) is 0 Å². The van der Waals surface area contributed by atoms with Gasteiger partial charge < -0.3 is 5.32 Å². The van der Waals surface area contributed by atoms with E-state index >= 15 is 0 Å². The van der Waals surface area contributed by atoms with Crippen molar-refractivity contribution in [2.45, 2.75) is 13.0 Å². The zero-order chi connectivity index (χ0) is 9.26. The second-order valence-corrected chi connectivity index (χ2v) is 4.54. The van der Waals surface area contributed by atoms with Crippen molar-refractivity contribution in [2.75, 3.05) is 18.1 Å². The molecular weight excluding hydrogens is 182 g/mol. The Morgan fingerprint density at radius 3 is 3.08 bits per heavy atom. The highest BCUT2D eigenvalue weighted by Gasteiger charge is 2.18. The zero-order valence-electron chi connectivity index (χ0n) is 8.08. The molecule has 1 atom stereocenters. The van der Waals surface area contributed by atoms with Crippen LogP contribution in [-0.4, -0.2) is 27.8 Å². The lowest BCUT2D eigenvalue weighted by atomic mass is 10.1. The molecule has 0 spiro atoms. The highest BCUT2D eigenvalue weighted by molar-refractivity contribution is 7.99. The molecule has 2 rings (SSSR count). The monoisotopic (exact) mass is 197 g/mol. The Kier molecular flexibility index (Phi) is 2.60. The van der Waals surface area contributed by atoms with Crippen molar-refractivity contribution in [1.82, 2.24) is 15.1 Å². The van der Waals surface area contributed by atoms with Crippen molar-refractivity contribution >= 4 is 11.8 Å². The predicted octanol–water partition coefficient (Wildman–Crippen LogP) is 1.11. The second kappa shape index (κ2) is 3.72. The van der Waals surface area contributed by atoms with Crippen LogP contribution in [0.3, 0.4) is 0 Å². The molecule has 1 fully saturated rings. The average molecular weight is 197 g/mol. The van der Waals surface area contributed by atoms with Gasteiger partial charge in [0, 0.05) is 42.4 Å². The van der Waals surface area contributed by atoms with Crippen LogP contribution in [0.15, 0.2) is 6.20 Å². The van der Waals surface area contributed by atoms with Crippen molar-refractivity contribution in [1.29, 1.82) is 0 Å². The van der Waals surface area contributed by atoms with Gasteiger partial charge >= 0.3 is 0 Å². The molecule has 0 aromatic carbocycles. The van der Waals surface area contributed by atoms with Crippen LogP contribution in [0, 0.1) is 6.92 Å². The first kappa shape index (κ1) is 9.09. The summed E-state index contributed by atoms with van der Waals surface area (Å²) in [5.74, 6) is 2.41. The van der Waals surface area contributed by atoms with Gasteiger partial charge in [0.1, 0.15) is 0 Å². The van der Waals surface area contributed by atoms with Crippen molar-refractivity contribution in [3.63, 3.8) is 0 Å². The summed E-state index contributed by atoms with van der Waals surface area (Å²) in [6.07, 6.45) is 1.98. The van der Waals surface area contributed by atoms with E-state index in [1.54, 1.807) is 0 Å². The molecule has 1 saturated heterocycles.